The molecule has 20 heavy (non-hydrogen) atoms. The lowest BCUT2D eigenvalue weighted by atomic mass is 10.1. The molecule has 1 aromatic heterocycles. The topological polar surface area (TPSA) is 56.5 Å². The number of carbonyl (C=O) groups is 1. The van der Waals surface area contributed by atoms with E-state index in [0.29, 0.717) is 6.07 Å². The Morgan fingerprint density at radius 2 is 2.00 bits per heavy atom. The fourth-order valence-corrected chi connectivity index (χ4v) is 1.60. The number of hydrogen-bond acceptors (Lipinski definition) is 4. The van der Waals surface area contributed by atoms with Gasteiger partial charge in [0.2, 0.25) is 0 Å². The van der Waals surface area contributed by atoms with E-state index in [-0.39, 0.29) is 16.7 Å². The predicted octanol–water partition coefficient (Wildman–Crippen LogP) is 2.90. The normalized spacial score (nSPS) is 11.3. The van der Waals surface area contributed by atoms with E-state index in [0.717, 1.165) is 18.2 Å². The number of hydrogen-bond donors (Lipinski definition) is 0. The summed E-state index contributed by atoms with van der Waals surface area (Å²) >= 11 is 0. The van der Waals surface area contributed by atoms with Gasteiger partial charge in [-0.05, 0) is 12.1 Å². The van der Waals surface area contributed by atoms with Gasteiger partial charge in [-0.3, -0.25) is 0 Å². The fourth-order valence-electron chi connectivity index (χ4n) is 1.60. The molecule has 7 heteroatoms. The Bertz CT molecular complexity index is 743. The number of benzene rings is 1. The molecule has 0 aliphatic carbocycles. The molecule has 0 saturated carbocycles. The highest BCUT2D eigenvalue weighted by atomic mass is 19.4. The first kappa shape index (κ1) is 13.9. The third-order valence-electron chi connectivity index (χ3n) is 2.41. The average molecular weight is 284 g/mol. The van der Waals surface area contributed by atoms with E-state index in [2.05, 4.69) is 11.0 Å². The summed E-state index contributed by atoms with van der Waals surface area (Å²) in [6, 6.07) is 3.64. The van der Waals surface area contributed by atoms with Crippen LogP contribution < -0.4 is 10.4 Å². The highest BCUT2D eigenvalue weighted by molar-refractivity contribution is 5.86. The predicted molar refractivity (Wildman–Crippen MR) is 63.3 cm³/mol. The fraction of sp³-hybridized carbons (Fsp3) is 0.0769. The number of carbonyl (C=O) groups excluding carboxylic acids is 1. The van der Waals surface area contributed by atoms with Crippen LogP contribution in [0.1, 0.15) is 5.56 Å². The van der Waals surface area contributed by atoms with Crippen molar-refractivity contribution < 1.29 is 27.1 Å². The van der Waals surface area contributed by atoms with Crippen molar-refractivity contribution in [3.05, 3.63) is 52.9 Å². The maximum Gasteiger partial charge on any atom is 0.417 e. The molecule has 4 nitrogen and oxygen atoms in total. The monoisotopic (exact) mass is 284 g/mol. The average Bonchev–Trinajstić information content (AvgIpc) is 2.36. The number of alkyl halides is 3. The molecule has 1 aromatic carbocycles. The second-order valence-electron chi connectivity index (χ2n) is 3.76. The van der Waals surface area contributed by atoms with E-state index >= 15 is 0 Å². The Balaban J connectivity index is 2.62. The van der Waals surface area contributed by atoms with Crippen molar-refractivity contribution in [3.63, 3.8) is 0 Å². The molecule has 0 unspecified atom stereocenters. The van der Waals surface area contributed by atoms with Gasteiger partial charge < -0.3 is 9.15 Å². The van der Waals surface area contributed by atoms with Crippen LogP contribution in [0.25, 0.3) is 11.0 Å². The summed E-state index contributed by atoms with van der Waals surface area (Å²) in [6.45, 7) is 3.18. The van der Waals surface area contributed by atoms with Gasteiger partial charge in [0.15, 0.2) is 0 Å². The van der Waals surface area contributed by atoms with Crippen molar-refractivity contribution in [1.29, 1.82) is 0 Å². The van der Waals surface area contributed by atoms with Gasteiger partial charge in [0, 0.05) is 23.6 Å². The van der Waals surface area contributed by atoms with Crippen LogP contribution in [0.3, 0.4) is 0 Å². The van der Waals surface area contributed by atoms with Crippen LogP contribution in [0.5, 0.6) is 5.75 Å². The molecular formula is C13H7F3O4. The Hall–Kier alpha value is -2.57. The molecule has 2 rings (SSSR count). The lowest BCUT2D eigenvalue weighted by Crippen LogP contribution is -2.11. The largest absolute Gasteiger partial charge is 0.423 e. The molecule has 0 bridgehead atoms. The molecule has 104 valence electrons. The Kier molecular flexibility index (Phi) is 3.35. The molecular weight excluding hydrogens is 277 g/mol. The molecule has 2 aromatic rings. The molecule has 0 aliphatic heterocycles. The van der Waals surface area contributed by atoms with Gasteiger partial charge >= 0.3 is 17.8 Å². The highest BCUT2D eigenvalue weighted by Crippen LogP contribution is 2.34. The SMILES string of the molecule is C=CC(=O)Oc1ccc2c(C(F)(F)F)cc(=O)oc2c1. The van der Waals surface area contributed by atoms with Gasteiger partial charge in [-0.25, -0.2) is 9.59 Å². The second kappa shape index (κ2) is 4.84. The van der Waals surface area contributed by atoms with Gasteiger partial charge in [0.1, 0.15) is 11.3 Å². The summed E-state index contributed by atoms with van der Waals surface area (Å²) < 4.78 is 47.8. The Morgan fingerprint density at radius 3 is 2.60 bits per heavy atom. The molecule has 0 N–H and O–H groups in total. The highest BCUT2D eigenvalue weighted by Gasteiger charge is 2.33. The van der Waals surface area contributed by atoms with Crippen molar-refractivity contribution in [1.82, 2.24) is 0 Å². The lowest BCUT2D eigenvalue weighted by molar-refractivity contribution is -0.136. The van der Waals surface area contributed by atoms with Crippen molar-refractivity contribution in [2.24, 2.45) is 0 Å². The van der Waals surface area contributed by atoms with Crippen LogP contribution in [0.2, 0.25) is 0 Å². The number of fused-ring (bicyclic) bond motifs is 1. The van der Waals surface area contributed by atoms with E-state index in [1.165, 1.54) is 6.07 Å². The van der Waals surface area contributed by atoms with E-state index in [9.17, 15) is 22.8 Å². The Labute approximate surface area is 110 Å². The van der Waals surface area contributed by atoms with E-state index in [1.807, 2.05) is 0 Å². The zero-order chi connectivity index (χ0) is 14.9. The van der Waals surface area contributed by atoms with Crippen LogP contribution in [-0.2, 0) is 11.0 Å². The first-order valence-corrected chi connectivity index (χ1v) is 5.30. The van der Waals surface area contributed by atoms with E-state index < -0.39 is 23.3 Å². The molecule has 0 saturated heterocycles. The number of esters is 1. The van der Waals surface area contributed by atoms with E-state index in [1.54, 1.807) is 0 Å². The smallest absolute Gasteiger partial charge is 0.417 e. The van der Waals surface area contributed by atoms with Gasteiger partial charge in [-0.15, -0.1) is 0 Å². The first-order chi connectivity index (χ1) is 9.31. The molecule has 1 heterocycles. The van der Waals surface area contributed by atoms with Crippen LogP contribution in [-0.4, -0.2) is 5.97 Å². The molecule has 0 spiro atoms. The summed E-state index contributed by atoms with van der Waals surface area (Å²) in [7, 11) is 0. The molecule has 0 radical (unpaired) electrons. The third kappa shape index (κ3) is 2.71. The zero-order valence-electron chi connectivity index (χ0n) is 9.86. The minimum absolute atomic E-state index is 0.0510. The zero-order valence-corrected chi connectivity index (χ0v) is 9.86. The van der Waals surface area contributed by atoms with Crippen LogP contribution in [0, 0.1) is 0 Å². The van der Waals surface area contributed by atoms with Crippen molar-refractivity contribution in [2.75, 3.05) is 0 Å². The summed E-state index contributed by atoms with van der Waals surface area (Å²) in [5, 5.41) is -0.296. The van der Waals surface area contributed by atoms with Crippen LogP contribution in [0.15, 0.2) is 46.1 Å². The number of ether oxygens (including phenoxy) is 1. The maximum atomic E-state index is 12.8. The van der Waals surface area contributed by atoms with Gasteiger partial charge in [-0.1, -0.05) is 6.58 Å². The lowest BCUT2D eigenvalue weighted by Gasteiger charge is -2.09. The van der Waals surface area contributed by atoms with Crippen molar-refractivity contribution in [2.45, 2.75) is 6.18 Å². The minimum Gasteiger partial charge on any atom is -0.423 e. The molecule has 0 fully saturated rings. The van der Waals surface area contributed by atoms with E-state index in [4.69, 9.17) is 4.74 Å². The molecule has 0 aliphatic rings. The molecule has 0 amide bonds. The standard InChI is InChI=1S/C13H7F3O4/c1-2-11(17)19-7-3-4-8-9(13(14,15)16)6-12(18)20-10(8)5-7/h2-6H,1H2. The second-order valence-corrected chi connectivity index (χ2v) is 3.76. The summed E-state index contributed by atoms with van der Waals surface area (Å²) in [5.74, 6) is -0.830. The minimum atomic E-state index is -4.69. The summed E-state index contributed by atoms with van der Waals surface area (Å²) in [4.78, 5) is 22.1. The summed E-state index contributed by atoms with van der Waals surface area (Å²) in [5.41, 5.74) is -2.57. The first-order valence-electron chi connectivity index (χ1n) is 5.30. The number of halogens is 3. The third-order valence-corrected chi connectivity index (χ3v) is 2.41. The van der Waals surface area contributed by atoms with Gasteiger partial charge in [0.25, 0.3) is 0 Å². The van der Waals surface area contributed by atoms with Crippen molar-refractivity contribution >= 4 is 16.9 Å². The quantitative estimate of drug-likeness (QED) is 0.368. The van der Waals surface area contributed by atoms with Crippen molar-refractivity contribution in [3.8, 4) is 5.75 Å². The van der Waals surface area contributed by atoms with Crippen LogP contribution in [0.4, 0.5) is 13.2 Å². The number of rotatable bonds is 2. The summed E-state index contributed by atoms with van der Waals surface area (Å²) in [6.07, 6.45) is -3.79. The molecule has 0 atom stereocenters. The Morgan fingerprint density at radius 1 is 1.30 bits per heavy atom. The maximum absolute atomic E-state index is 12.8. The van der Waals surface area contributed by atoms with Crippen LogP contribution >= 0.6 is 0 Å². The van der Waals surface area contributed by atoms with Gasteiger partial charge in [-0.2, -0.15) is 13.2 Å². The van der Waals surface area contributed by atoms with Gasteiger partial charge in [0.05, 0.1) is 5.56 Å².